The van der Waals surface area contributed by atoms with Gasteiger partial charge >= 0.3 is 6.61 Å². The average Bonchev–Trinajstić information content (AvgIpc) is 2.43. The predicted octanol–water partition coefficient (Wildman–Crippen LogP) is 1.70. The first-order chi connectivity index (χ1) is 10.3. The number of rotatable bonds is 5. The Balaban J connectivity index is 2.17. The third kappa shape index (κ3) is 4.11. The van der Waals surface area contributed by atoms with Crippen LogP contribution in [0.3, 0.4) is 0 Å². The highest BCUT2D eigenvalue weighted by Crippen LogP contribution is 2.23. The molecule has 1 aromatic carbocycles. The molecule has 0 aliphatic carbocycles. The lowest BCUT2D eigenvalue weighted by Crippen LogP contribution is -2.50. The van der Waals surface area contributed by atoms with Gasteiger partial charge in [-0.3, -0.25) is 0 Å². The van der Waals surface area contributed by atoms with Gasteiger partial charge in [0.15, 0.2) is 11.6 Å². The third-order valence-corrected chi connectivity index (χ3v) is 5.05. The van der Waals surface area contributed by atoms with Crippen molar-refractivity contribution in [1.82, 2.24) is 10.0 Å². The zero-order valence-corrected chi connectivity index (χ0v) is 12.7. The summed E-state index contributed by atoms with van der Waals surface area (Å²) < 4.78 is 68.7. The molecule has 9 heteroatoms. The van der Waals surface area contributed by atoms with E-state index in [1.807, 2.05) is 6.92 Å². The van der Waals surface area contributed by atoms with Crippen molar-refractivity contribution in [3.05, 3.63) is 24.0 Å². The molecule has 2 N–H and O–H groups in total. The Morgan fingerprint density at radius 1 is 1.41 bits per heavy atom. The maximum Gasteiger partial charge on any atom is 0.387 e. The molecule has 2 unspecified atom stereocenters. The highest BCUT2D eigenvalue weighted by molar-refractivity contribution is 7.89. The van der Waals surface area contributed by atoms with E-state index in [4.69, 9.17) is 0 Å². The predicted molar refractivity (Wildman–Crippen MR) is 73.8 cm³/mol. The van der Waals surface area contributed by atoms with Crippen LogP contribution in [0.25, 0.3) is 0 Å². The van der Waals surface area contributed by atoms with E-state index >= 15 is 0 Å². The average molecular weight is 338 g/mol. The number of piperidine rings is 1. The molecular formula is C13H17F3N2O3S. The van der Waals surface area contributed by atoms with Crippen LogP contribution < -0.4 is 14.8 Å². The molecule has 2 rings (SSSR count). The summed E-state index contributed by atoms with van der Waals surface area (Å²) in [6.07, 6.45) is 0.822. The van der Waals surface area contributed by atoms with Crippen LogP contribution >= 0.6 is 0 Å². The number of sulfonamides is 1. The molecule has 124 valence electrons. The monoisotopic (exact) mass is 338 g/mol. The van der Waals surface area contributed by atoms with E-state index in [1.54, 1.807) is 0 Å². The lowest BCUT2D eigenvalue weighted by molar-refractivity contribution is -0.0522. The molecule has 0 bridgehead atoms. The number of benzene rings is 1. The Hall–Kier alpha value is -1.32. The number of nitrogens with one attached hydrogen (secondary N) is 2. The van der Waals surface area contributed by atoms with Crippen LogP contribution in [-0.2, 0) is 10.0 Å². The van der Waals surface area contributed by atoms with Gasteiger partial charge in [-0.05, 0) is 37.1 Å². The van der Waals surface area contributed by atoms with Crippen molar-refractivity contribution in [1.29, 1.82) is 0 Å². The van der Waals surface area contributed by atoms with Gasteiger partial charge < -0.3 is 10.1 Å². The van der Waals surface area contributed by atoms with Gasteiger partial charge in [0.2, 0.25) is 10.0 Å². The molecule has 1 saturated heterocycles. The number of hydrogen-bond donors (Lipinski definition) is 2. The first-order valence-electron chi connectivity index (χ1n) is 6.77. The SMILES string of the molecule is CC1CCNCC1NS(=O)(=O)c1ccc(OC(F)F)c(F)c1. The zero-order valence-electron chi connectivity index (χ0n) is 11.9. The highest BCUT2D eigenvalue weighted by Gasteiger charge is 2.27. The molecule has 1 aliphatic rings. The summed E-state index contributed by atoms with van der Waals surface area (Å²) in [6, 6.07) is 2.27. The molecule has 1 aromatic rings. The molecule has 0 saturated carbocycles. The van der Waals surface area contributed by atoms with E-state index in [1.165, 1.54) is 0 Å². The summed E-state index contributed by atoms with van der Waals surface area (Å²) in [4.78, 5) is -0.329. The van der Waals surface area contributed by atoms with E-state index in [9.17, 15) is 21.6 Å². The van der Waals surface area contributed by atoms with Crippen LogP contribution in [0.5, 0.6) is 5.75 Å². The molecule has 2 atom stereocenters. The van der Waals surface area contributed by atoms with Crippen LogP contribution in [-0.4, -0.2) is 34.2 Å². The zero-order chi connectivity index (χ0) is 16.3. The fraction of sp³-hybridized carbons (Fsp3) is 0.538. The fourth-order valence-electron chi connectivity index (χ4n) is 2.26. The second-order valence-electron chi connectivity index (χ2n) is 5.17. The molecule has 0 amide bonds. The number of ether oxygens (including phenoxy) is 1. The van der Waals surface area contributed by atoms with Crippen LogP contribution in [0.4, 0.5) is 13.2 Å². The quantitative estimate of drug-likeness (QED) is 0.858. The van der Waals surface area contributed by atoms with Gasteiger partial charge in [0.25, 0.3) is 0 Å². The summed E-state index contributed by atoms with van der Waals surface area (Å²) in [7, 11) is -3.93. The van der Waals surface area contributed by atoms with Crippen molar-refractivity contribution in [3.8, 4) is 5.75 Å². The molecule has 5 nitrogen and oxygen atoms in total. The first-order valence-corrected chi connectivity index (χ1v) is 8.25. The summed E-state index contributed by atoms with van der Waals surface area (Å²) in [5.41, 5.74) is 0. The fourth-order valence-corrected chi connectivity index (χ4v) is 3.61. The van der Waals surface area contributed by atoms with Crippen molar-refractivity contribution >= 4 is 10.0 Å². The van der Waals surface area contributed by atoms with Crippen molar-refractivity contribution in [2.24, 2.45) is 5.92 Å². The maximum atomic E-state index is 13.6. The van der Waals surface area contributed by atoms with Gasteiger partial charge in [0, 0.05) is 12.6 Å². The van der Waals surface area contributed by atoms with E-state index in [0.717, 1.165) is 25.1 Å². The second-order valence-corrected chi connectivity index (χ2v) is 6.88. The molecule has 1 heterocycles. The minimum Gasteiger partial charge on any atom is -0.432 e. The first kappa shape index (κ1) is 17.0. The van der Waals surface area contributed by atoms with E-state index in [2.05, 4.69) is 14.8 Å². The highest BCUT2D eigenvalue weighted by atomic mass is 32.2. The molecule has 22 heavy (non-hydrogen) atoms. The lowest BCUT2D eigenvalue weighted by Gasteiger charge is -2.30. The van der Waals surface area contributed by atoms with Gasteiger partial charge in [-0.2, -0.15) is 8.78 Å². The van der Waals surface area contributed by atoms with Crippen LogP contribution in [0, 0.1) is 11.7 Å². The van der Waals surface area contributed by atoms with Gasteiger partial charge in [-0.15, -0.1) is 0 Å². The Labute approximate surface area is 126 Å². The van der Waals surface area contributed by atoms with E-state index in [-0.39, 0.29) is 16.9 Å². The molecule has 0 aromatic heterocycles. The largest absolute Gasteiger partial charge is 0.432 e. The summed E-state index contributed by atoms with van der Waals surface area (Å²) in [5, 5.41) is 3.08. The smallest absolute Gasteiger partial charge is 0.387 e. The van der Waals surface area contributed by atoms with E-state index in [0.29, 0.717) is 12.6 Å². The third-order valence-electron chi connectivity index (χ3n) is 3.56. The van der Waals surface area contributed by atoms with Crippen molar-refractivity contribution in [2.75, 3.05) is 13.1 Å². The molecule has 1 fully saturated rings. The van der Waals surface area contributed by atoms with Gasteiger partial charge in [-0.25, -0.2) is 17.5 Å². The minimum absolute atomic E-state index is 0.141. The maximum absolute atomic E-state index is 13.6. The number of hydrogen-bond acceptors (Lipinski definition) is 4. The number of alkyl halides is 2. The summed E-state index contributed by atoms with van der Waals surface area (Å²) in [6.45, 7) is 0.0429. The summed E-state index contributed by atoms with van der Waals surface area (Å²) >= 11 is 0. The van der Waals surface area contributed by atoms with Crippen LogP contribution in [0.15, 0.2) is 23.1 Å². The van der Waals surface area contributed by atoms with Crippen molar-refractivity contribution in [2.45, 2.75) is 30.9 Å². The molecule has 0 spiro atoms. The second kappa shape index (κ2) is 6.84. The Morgan fingerprint density at radius 2 is 2.14 bits per heavy atom. The molecular weight excluding hydrogens is 321 g/mol. The lowest BCUT2D eigenvalue weighted by atomic mass is 9.96. The Bertz CT molecular complexity index is 625. The van der Waals surface area contributed by atoms with Crippen LogP contribution in [0.2, 0.25) is 0 Å². The normalized spacial score (nSPS) is 22.8. The van der Waals surface area contributed by atoms with E-state index < -0.39 is 28.2 Å². The van der Waals surface area contributed by atoms with Gasteiger partial charge in [0.05, 0.1) is 4.90 Å². The van der Waals surface area contributed by atoms with Gasteiger partial charge in [-0.1, -0.05) is 6.92 Å². The van der Waals surface area contributed by atoms with Crippen molar-refractivity contribution in [3.63, 3.8) is 0 Å². The van der Waals surface area contributed by atoms with Gasteiger partial charge in [0.1, 0.15) is 0 Å². The minimum atomic E-state index is -3.93. The summed E-state index contributed by atoms with van der Waals surface area (Å²) in [5.74, 6) is -1.71. The standard InChI is InChI=1S/C13H17F3N2O3S/c1-8-4-5-17-7-11(8)18-22(19,20)9-2-3-12(10(14)6-9)21-13(15)16/h2-3,6,8,11,13,17-18H,4-5,7H2,1H3. The molecule has 0 radical (unpaired) electrons. The molecule has 1 aliphatic heterocycles. The number of halogens is 3. The Morgan fingerprint density at radius 3 is 2.73 bits per heavy atom. The van der Waals surface area contributed by atoms with Crippen molar-refractivity contribution < 1.29 is 26.3 Å². The van der Waals surface area contributed by atoms with Crippen LogP contribution in [0.1, 0.15) is 13.3 Å². The topological polar surface area (TPSA) is 67.4 Å². The Kier molecular flexibility index (Phi) is 5.30.